The molecule has 1 aliphatic rings. The van der Waals surface area contributed by atoms with E-state index in [9.17, 15) is 0 Å². The normalized spacial score (nSPS) is 30.7. The predicted octanol–water partition coefficient (Wildman–Crippen LogP) is 3.16. The lowest BCUT2D eigenvalue weighted by atomic mass is 9.82. The summed E-state index contributed by atoms with van der Waals surface area (Å²) in [5, 5.41) is 0. The molecule has 2 nitrogen and oxygen atoms in total. The first-order valence-corrected chi connectivity index (χ1v) is 6.33. The summed E-state index contributed by atoms with van der Waals surface area (Å²) in [5.41, 5.74) is 8.41. The van der Waals surface area contributed by atoms with Crippen molar-refractivity contribution >= 4 is 21.6 Å². The van der Waals surface area contributed by atoms with Crippen molar-refractivity contribution in [3.8, 4) is 0 Å². The third-order valence-corrected chi connectivity index (χ3v) is 4.12. The Morgan fingerprint density at radius 1 is 1.67 bits per heavy atom. The highest BCUT2D eigenvalue weighted by atomic mass is 79.9. The fourth-order valence-electron chi connectivity index (χ4n) is 2.45. The van der Waals surface area contributed by atoms with Gasteiger partial charge in [0, 0.05) is 22.9 Å². The molecule has 0 aliphatic heterocycles. The van der Waals surface area contributed by atoms with Gasteiger partial charge in [-0.3, -0.25) is 4.98 Å². The van der Waals surface area contributed by atoms with Crippen molar-refractivity contribution in [3.05, 3.63) is 24.0 Å². The second-order valence-electron chi connectivity index (χ2n) is 4.90. The van der Waals surface area contributed by atoms with Gasteiger partial charge in [-0.25, -0.2) is 0 Å². The van der Waals surface area contributed by atoms with Crippen LogP contribution in [0.4, 0.5) is 5.69 Å². The first kappa shape index (κ1) is 10.9. The first-order valence-electron chi connectivity index (χ1n) is 5.41. The summed E-state index contributed by atoms with van der Waals surface area (Å²) in [5.74, 6) is 0. The Labute approximate surface area is 99.4 Å². The minimum Gasteiger partial charge on any atom is -0.398 e. The topological polar surface area (TPSA) is 38.9 Å². The predicted molar refractivity (Wildman–Crippen MR) is 67.0 cm³/mol. The van der Waals surface area contributed by atoms with E-state index >= 15 is 0 Å². The molecule has 0 radical (unpaired) electrons. The molecule has 2 N–H and O–H groups in total. The van der Waals surface area contributed by atoms with E-state index in [-0.39, 0.29) is 0 Å². The van der Waals surface area contributed by atoms with E-state index in [1.54, 1.807) is 6.20 Å². The van der Waals surface area contributed by atoms with Gasteiger partial charge >= 0.3 is 0 Å². The van der Waals surface area contributed by atoms with Crippen molar-refractivity contribution in [2.45, 2.75) is 37.4 Å². The number of nitrogens with zero attached hydrogens (tertiary/aromatic N) is 1. The van der Waals surface area contributed by atoms with E-state index in [0.717, 1.165) is 12.1 Å². The van der Waals surface area contributed by atoms with Gasteiger partial charge in [0.25, 0.3) is 0 Å². The lowest BCUT2D eigenvalue weighted by molar-refractivity contribution is 0.336. The lowest BCUT2D eigenvalue weighted by Crippen LogP contribution is -2.16. The second-order valence-corrected chi connectivity index (χ2v) is 6.20. The largest absolute Gasteiger partial charge is 0.398 e. The van der Waals surface area contributed by atoms with Crippen LogP contribution in [0, 0.1) is 5.41 Å². The Kier molecular flexibility index (Phi) is 3.01. The van der Waals surface area contributed by atoms with Crippen LogP contribution < -0.4 is 5.73 Å². The third kappa shape index (κ3) is 2.51. The number of hydrogen-bond donors (Lipinski definition) is 1. The van der Waals surface area contributed by atoms with Crippen LogP contribution in [0.15, 0.2) is 18.5 Å². The van der Waals surface area contributed by atoms with Gasteiger partial charge in [0.2, 0.25) is 0 Å². The molecule has 0 saturated heterocycles. The zero-order valence-electron chi connectivity index (χ0n) is 9.04. The van der Waals surface area contributed by atoms with Crippen molar-refractivity contribution in [3.63, 3.8) is 0 Å². The maximum Gasteiger partial charge on any atom is 0.0377 e. The van der Waals surface area contributed by atoms with Gasteiger partial charge in [-0.1, -0.05) is 22.9 Å². The highest BCUT2D eigenvalue weighted by molar-refractivity contribution is 9.09. The van der Waals surface area contributed by atoms with Crippen molar-refractivity contribution in [1.29, 1.82) is 0 Å². The van der Waals surface area contributed by atoms with Gasteiger partial charge < -0.3 is 5.73 Å². The van der Waals surface area contributed by atoms with Crippen molar-refractivity contribution < 1.29 is 0 Å². The molecule has 0 bridgehead atoms. The molecule has 0 amide bonds. The first-order chi connectivity index (χ1) is 7.09. The van der Waals surface area contributed by atoms with Gasteiger partial charge in [-0.05, 0) is 42.7 Å². The molecule has 0 spiro atoms. The summed E-state index contributed by atoms with van der Waals surface area (Å²) in [6.45, 7) is 2.35. The van der Waals surface area contributed by atoms with Gasteiger partial charge in [0.1, 0.15) is 0 Å². The minimum absolute atomic E-state index is 0.394. The third-order valence-electron chi connectivity index (χ3n) is 3.33. The molecule has 2 rings (SSSR count). The molecule has 1 fully saturated rings. The van der Waals surface area contributed by atoms with E-state index in [1.165, 1.54) is 24.8 Å². The van der Waals surface area contributed by atoms with Crippen LogP contribution in [-0.4, -0.2) is 9.81 Å². The molecule has 1 saturated carbocycles. The number of aromatic nitrogens is 1. The summed E-state index contributed by atoms with van der Waals surface area (Å²) in [7, 11) is 0. The molecule has 1 aliphatic carbocycles. The minimum atomic E-state index is 0.394. The van der Waals surface area contributed by atoms with Crippen molar-refractivity contribution in [2.24, 2.45) is 5.41 Å². The number of halogens is 1. The van der Waals surface area contributed by atoms with E-state index in [4.69, 9.17) is 5.73 Å². The molecule has 82 valence electrons. The highest BCUT2D eigenvalue weighted by Crippen LogP contribution is 2.43. The van der Waals surface area contributed by atoms with Gasteiger partial charge in [-0.15, -0.1) is 0 Å². The fraction of sp³-hybridized carbons (Fsp3) is 0.583. The zero-order valence-corrected chi connectivity index (χ0v) is 10.6. The maximum atomic E-state index is 5.94. The molecule has 0 aromatic carbocycles. The van der Waals surface area contributed by atoms with E-state index in [2.05, 4.69) is 27.8 Å². The Morgan fingerprint density at radius 2 is 2.47 bits per heavy atom. The average molecular weight is 269 g/mol. The van der Waals surface area contributed by atoms with Gasteiger partial charge in [0.05, 0.1) is 0 Å². The number of nitrogens with two attached hydrogens (primary N) is 1. The summed E-state index contributed by atoms with van der Waals surface area (Å²) in [6.07, 6.45) is 8.50. The molecular formula is C12H17BrN2. The standard InChI is InChI=1S/C12H17BrN2/c1-12(4-2-10(13)7-12)6-9-8-15-5-3-11(9)14/h3,5,8,10H,2,4,6-7H2,1H3,(H2,14,15). The number of hydrogen-bond acceptors (Lipinski definition) is 2. The van der Waals surface area contributed by atoms with Crippen LogP contribution in [-0.2, 0) is 6.42 Å². The molecule has 1 heterocycles. The SMILES string of the molecule is CC1(Cc2cnccc2N)CCC(Br)C1. The van der Waals surface area contributed by atoms with Gasteiger partial charge in [0.15, 0.2) is 0 Å². The van der Waals surface area contributed by atoms with Gasteiger partial charge in [-0.2, -0.15) is 0 Å². The summed E-state index contributed by atoms with van der Waals surface area (Å²) < 4.78 is 0. The molecule has 15 heavy (non-hydrogen) atoms. The van der Waals surface area contributed by atoms with Crippen molar-refractivity contribution in [1.82, 2.24) is 4.98 Å². The molecule has 3 heteroatoms. The Balaban J connectivity index is 2.12. The summed E-state index contributed by atoms with van der Waals surface area (Å²) in [4.78, 5) is 4.83. The summed E-state index contributed by atoms with van der Waals surface area (Å²) in [6, 6.07) is 1.89. The van der Waals surface area contributed by atoms with Crippen LogP contribution in [0.5, 0.6) is 0 Å². The zero-order chi connectivity index (χ0) is 10.9. The molecular weight excluding hydrogens is 252 g/mol. The Hall–Kier alpha value is -0.570. The second kappa shape index (κ2) is 4.12. The van der Waals surface area contributed by atoms with Crippen molar-refractivity contribution in [2.75, 3.05) is 5.73 Å². The van der Waals surface area contributed by atoms with E-state index in [1.807, 2.05) is 12.3 Å². The monoisotopic (exact) mass is 268 g/mol. The smallest absolute Gasteiger partial charge is 0.0377 e. The van der Waals surface area contributed by atoms with Crippen LogP contribution in [0.2, 0.25) is 0 Å². The van der Waals surface area contributed by atoms with Crippen LogP contribution >= 0.6 is 15.9 Å². The molecule has 2 atom stereocenters. The molecule has 1 aromatic rings. The average Bonchev–Trinajstić information content (AvgIpc) is 2.51. The summed E-state index contributed by atoms with van der Waals surface area (Å²) >= 11 is 3.70. The Bertz CT molecular complexity index is 353. The number of pyridine rings is 1. The number of nitrogen functional groups attached to an aromatic ring is 1. The fourth-order valence-corrected chi connectivity index (χ4v) is 3.46. The van der Waals surface area contributed by atoms with E-state index in [0.29, 0.717) is 10.2 Å². The Morgan fingerprint density at radius 3 is 3.07 bits per heavy atom. The van der Waals surface area contributed by atoms with Crippen LogP contribution in [0.25, 0.3) is 0 Å². The van der Waals surface area contributed by atoms with Crippen LogP contribution in [0.3, 0.4) is 0 Å². The molecule has 1 aromatic heterocycles. The number of anilines is 1. The lowest BCUT2D eigenvalue weighted by Gasteiger charge is -2.24. The van der Waals surface area contributed by atoms with E-state index < -0.39 is 0 Å². The maximum absolute atomic E-state index is 5.94. The van der Waals surface area contributed by atoms with Crippen LogP contribution in [0.1, 0.15) is 31.7 Å². The molecule has 2 unspecified atom stereocenters. The number of alkyl halides is 1. The highest BCUT2D eigenvalue weighted by Gasteiger charge is 2.34. The quantitative estimate of drug-likeness (QED) is 0.837. The number of rotatable bonds is 2.